The van der Waals surface area contributed by atoms with Gasteiger partial charge in [0.2, 0.25) is 0 Å². The molecule has 0 saturated carbocycles. The summed E-state index contributed by atoms with van der Waals surface area (Å²) in [6.07, 6.45) is 1.22. The lowest BCUT2D eigenvalue weighted by atomic mass is 10.0. The summed E-state index contributed by atoms with van der Waals surface area (Å²) in [5, 5.41) is 2.02. The summed E-state index contributed by atoms with van der Waals surface area (Å²) in [6, 6.07) is 10.8. The third-order valence-electron chi connectivity index (χ3n) is 3.66. The molecule has 4 nitrogen and oxygen atoms in total. The lowest BCUT2D eigenvalue weighted by Gasteiger charge is -2.12. The standard InChI is InChI=1S/C18H14ClFN2O2/c1-2-24-18(23)12-9-22-17(15(20)16(12)21)11-7-3-5-10-6-4-8-13(19)14(10)11/h3-9H,2H2,1H3,(H2,21,22). The van der Waals surface area contributed by atoms with Crippen molar-refractivity contribution < 1.29 is 13.9 Å². The SMILES string of the molecule is CCOC(=O)c1cnc(-c2cccc3cccc(Cl)c23)c(F)c1N. The number of nitrogens with zero attached hydrogens (tertiary/aromatic N) is 1. The number of benzene rings is 2. The van der Waals surface area contributed by atoms with Gasteiger partial charge in [-0.15, -0.1) is 0 Å². The number of pyridine rings is 1. The minimum atomic E-state index is -0.770. The fourth-order valence-corrected chi connectivity index (χ4v) is 2.84. The number of carbonyl (C=O) groups excluding carboxylic acids is 1. The summed E-state index contributed by atoms with van der Waals surface area (Å²) in [4.78, 5) is 15.9. The van der Waals surface area contributed by atoms with Gasteiger partial charge < -0.3 is 10.5 Å². The molecule has 0 aliphatic rings. The van der Waals surface area contributed by atoms with Crippen molar-refractivity contribution in [3.8, 4) is 11.3 Å². The molecule has 24 heavy (non-hydrogen) atoms. The molecule has 0 bridgehead atoms. The lowest BCUT2D eigenvalue weighted by Crippen LogP contribution is -2.11. The minimum Gasteiger partial charge on any atom is -0.462 e. The molecule has 0 fully saturated rings. The highest BCUT2D eigenvalue weighted by Crippen LogP contribution is 2.35. The zero-order valence-electron chi connectivity index (χ0n) is 12.8. The smallest absolute Gasteiger partial charge is 0.341 e. The average Bonchev–Trinajstić information content (AvgIpc) is 2.57. The number of nitrogen functional groups attached to an aromatic ring is 1. The molecular formula is C18H14ClFN2O2. The van der Waals surface area contributed by atoms with Gasteiger partial charge in [0.05, 0.1) is 12.3 Å². The summed E-state index contributed by atoms with van der Waals surface area (Å²) in [6.45, 7) is 1.82. The van der Waals surface area contributed by atoms with Gasteiger partial charge in [0.1, 0.15) is 11.3 Å². The number of rotatable bonds is 3. The molecule has 3 rings (SSSR count). The first-order valence-electron chi connectivity index (χ1n) is 7.33. The van der Waals surface area contributed by atoms with Crippen LogP contribution in [0.5, 0.6) is 0 Å². The third kappa shape index (κ3) is 2.67. The van der Waals surface area contributed by atoms with Gasteiger partial charge in [0.15, 0.2) is 5.82 Å². The van der Waals surface area contributed by atoms with E-state index in [0.29, 0.717) is 16.0 Å². The van der Waals surface area contributed by atoms with Crippen LogP contribution in [-0.2, 0) is 4.74 Å². The molecule has 122 valence electrons. The molecule has 0 radical (unpaired) electrons. The minimum absolute atomic E-state index is 0.0410. The van der Waals surface area contributed by atoms with Crippen molar-refractivity contribution in [3.05, 3.63) is 59.0 Å². The van der Waals surface area contributed by atoms with Gasteiger partial charge in [-0.1, -0.05) is 41.9 Å². The summed E-state index contributed by atoms with van der Waals surface area (Å²) in [5.41, 5.74) is 5.96. The second-order valence-electron chi connectivity index (χ2n) is 5.11. The van der Waals surface area contributed by atoms with Crippen LogP contribution < -0.4 is 5.73 Å². The fraction of sp³-hybridized carbons (Fsp3) is 0.111. The number of fused-ring (bicyclic) bond motifs is 1. The predicted molar refractivity (Wildman–Crippen MR) is 92.5 cm³/mol. The van der Waals surface area contributed by atoms with Crippen LogP contribution in [0.2, 0.25) is 5.02 Å². The van der Waals surface area contributed by atoms with E-state index >= 15 is 0 Å². The van der Waals surface area contributed by atoms with Gasteiger partial charge in [-0.2, -0.15) is 0 Å². The van der Waals surface area contributed by atoms with Crippen molar-refractivity contribution in [3.63, 3.8) is 0 Å². The highest BCUT2D eigenvalue weighted by Gasteiger charge is 2.20. The summed E-state index contributed by atoms with van der Waals surface area (Å²) >= 11 is 6.27. The van der Waals surface area contributed by atoms with Crippen molar-refractivity contribution in [2.45, 2.75) is 6.92 Å². The van der Waals surface area contributed by atoms with Crippen LogP contribution in [0.25, 0.3) is 22.0 Å². The fourth-order valence-electron chi connectivity index (χ4n) is 2.55. The van der Waals surface area contributed by atoms with E-state index in [2.05, 4.69) is 4.98 Å². The molecule has 3 aromatic rings. The molecule has 2 aromatic carbocycles. The van der Waals surface area contributed by atoms with Crippen LogP contribution >= 0.6 is 11.6 Å². The highest BCUT2D eigenvalue weighted by atomic mass is 35.5. The number of hydrogen-bond donors (Lipinski definition) is 1. The zero-order chi connectivity index (χ0) is 17.3. The summed E-state index contributed by atoms with van der Waals surface area (Å²) in [5.74, 6) is -1.48. The number of nitrogens with two attached hydrogens (primary N) is 1. The van der Waals surface area contributed by atoms with Crippen LogP contribution in [0.4, 0.5) is 10.1 Å². The molecule has 0 aliphatic heterocycles. The second-order valence-corrected chi connectivity index (χ2v) is 5.52. The van der Waals surface area contributed by atoms with Gasteiger partial charge in [-0.05, 0) is 18.4 Å². The molecule has 0 aliphatic carbocycles. The Morgan fingerprint density at radius 1 is 1.29 bits per heavy atom. The molecule has 0 unspecified atom stereocenters. The Balaban J connectivity index is 2.22. The van der Waals surface area contributed by atoms with E-state index < -0.39 is 11.8 Å². The molecule has 2 N–H and O–H groups in total. The van der Waals surface area contributed by atoms with Gasteiger partial charge in [0.25, 0.3) is 0 Å². The molecule has 1 aromatic heterocycles. The van der Waals surface area contributed by atoms with E-state index in [1.54, 1.807) is 25.1 Å². The molecule has 0 atom stereocenters. The number of aromatic nitrogens is 1. The van der Waals surface area contributed by atoms with Crippen LogP contribution in [0.15, 0.2) is 42.6 Å². The number of halogens is 2. The maximum Gasteiger partial charge on any atom is 0.341 e. The third-order valence-corrected chi connectivity index (χ3v) is 3.98. The molecule has 0 saturated heterocycles. The van der Waals surface area contributed by atoms with Crippen molar-refractivity contribution >= 4 is 34.0 Å². The highest BCUT2D eigenvalue weighted by molar-refractivity contribution is 6.36. The number of esters is 1. The molecule has 0 amide bonds. The molecular weight excluding hydrogens is 331 g/mol. The van der Waals surface area contributed by atoms with E-state index in [4.69, 9.17) is 22.1 Å². The lowest BCUT2D eigenvalue weighted by molar-refractivity contribution is 0.0526. The molecule has 1 heterocycles. The zero-order valence-corrected chi connectivity index (χ0v) is 13.6. The van der Waals surface area contributed by atoms with Crippen molar-refractivity contribution in [2.75, 3.05) is 12.3 Å². The maximum absolute atomic E-state index is 14.8. The Kier molecular flexibility index (Phi) is 4.36. The van der Waals surface area contributed by atoms with E-state index in [1.807, 2.05) is 18.2 Å². The number of carbonyl (C=O) groups is 1. The monoisotopic (exact) mass is 344 g/mol. The van der Waals surface area contributed by atoms with Gasteiger partial charge in [-0.3, -0.25) is 4.98 Å². The number of ether oxygens (including phenoxy) is 1. The Hall–Kier alpha value is -2.66. The number of hydrogen-bond acceptors (Lipinski definition) is 4. The van der Waals surface area contributed by atoms with E-state index in [-0.39, 0.29) is 23.6 Å². The summed E-state index contributed by atoms with van der Waals surface area (Å²) in [7, 11) is 0. The summed E-state index contributed by atoms with van der Waals surface area (Å²) < 4.78 is 19.6. The Labute approximate surface area is 143 Å². The first-order chi connectivity index (χ1) is 11.5. The van der Waals surface area contributed by atoms with Crippen LogP contribution in [0, 0.1) is 5.82 Å². The first-order valence-corrected chi connectivity index (χ1v) is 7.71. The Morgan fingerprint density at radius 2 is 2.00 bits per heavy atom. The Morgan fingerprint density at radius 3 is 2.71 bits per heavy atom. The predicted octanol–water partition coefficient (Wildman–Crippen LogP) is 4.45. The van der Waals surface area contributed by atoms with Crippen molar-refractivity contribution in [2.24, 2.45) is 0 Å². The average molecular weight is 345 g/mol. The molecule has 0 spiro atoms. The van der Waals surface area contributed by atoms with Crippen molar-refractivity contribution in [1.82, 2.24) is 4.98 Å². The largest absolute Gasteiger partial charge is 0.462 e. The maximum atomic E-state index is 14.8. The van der Waals surface area contributed by atoms with E-state index in [1.165, 1.54) is 6.20 Å². The van der Waals surface area contributed by atoms with Crippen molar-refractivity contribution in [1.29, 1.82) is 0 Å². The molecule has 6 heteroatoms. The van der Waals surface area contributed by atoms with Gasteiger partial charge >= 0.3 is 5.97 Å². The van der Waals surface area contributed by atoms with Gasteiger partial charge in [0, 0.05) is 22.2 Å². The first kappa shape index (κ1) is 16.2. The second kappa shape index (κ2) is 6.45. The number of anilines is 1. The quantitative estimate of drug-likeness (QED) is 0.713. The van der Waals surface area contributed by atoms with E-state index in [9.17, 15) is 9.18 Å². The van der Waals surface area contributed by atoms with Gasteiger partial charge in [-0.25, -0.2) is 9.18 Å². The van der Waals surface area contributed by atoms with E-state index in [0.717, 1.165) is 5.39 Å². The van der Waals surface area contributed by atoms with Crippen LogP contribution in [0.1, 0.15) is 17.3 Å². The normalized spacial score (nSPS) is 10.8. The van der Waals surface area contributed by atoms with Crippen LogP contribution in [0.3, 0.4) is 0 Å². The van der Waals surface area contributed by atoms with Crippen LogP contribution in [-0.4, -0.2) is 17.6 Å². The topological polar surface area (TPSA) is 65.2 Å². The Bertz CT molecular complexity index is 938.